The molecule has 9 heteroatoms. The maximum atomic E-state index is 13.9. The maximum absolute atomic E-state index is 13.9. The van der Waals surface area contributed by atoms with Crippen LogP contribution >= 0.6 is 0 Å². The van der Waals surface area contributed by atoms with E-state index in [0.29, 0.717) is 50.6 Å². The first-order valence-electron chi connectivity index (χ1n) is 11.5. The van der Waals surface area contributed by atoms with Gasteiger partial charge in [0.15, 0.2) is 17.4 Å². The molecule has 1 aromatic heterocycles. The Kier molecular flexibility index (Phi) is 5.93. The molecule has 1 amide bonds. The lowest BCUT2D eigenvalue weighted by Crippen LogP contribution is -2.49. The molecule has 5 rings (SSSR count). The quantitative estimate of drug-likeness (QED) is 0.329. The average Bonchev–Trinajstić information content (AvgIpc) is 3.20. The Labute approximate surface area is 212 Å². The summed E-state index contributed by atoms with van der Waals surface area (Å²) >= 11 is 0. The SMILES string of the molecule is CN(C(=O)C(C)(C)N)c1ccc(N=C(c2ccc3c(c2)OC=CO3)c2c(O)[nH]c3cc(F)ccc23)cc1. The van der Waals surface area contributed by atoms with E-state index < -0.39 is 11.4 Å². The minimum absolute atomic E-state index is 0.152. The predicted octanol–water partition coefficient (Wildman–Crippen LogP) is 5.12. The largest absolute Gasteiger partial charge is 0.494 e. The summed E-state index contributed by atoms with van der Waals surface area (Å²) in [6.45, 7) is 3.30. The number of fused-ring (bicyclic) bond motifs is 2. The lowest BCUT2D eigenvalue weighted by Gasteiger charge is -2.26. The number of hydrogen-bond acceptors (Lipinski definition) is 6. The minimum Gasteiger partial charge on any atom is -0.494 e. The van der Waals surface area contributed by atoms with E-state index in [2.05, 4.69) is 4.98 Å². The van der Waals surface area contributed by atoms with Gasteiger partial charge in [-0.25, -0.2) is 9.38 Å². The van der Waals surface area contributed by atoms with Crippen molar-refractivity contribution in [2.24, 2.45) is 10.7 Å². The van der Waals surface area contributed by atoms with E-state index >= 15 is 0 Å². The molecule has 0 spiro atoms. The number of benzene rings is 3. The van der Waals surface area contributed by atoms with Crippen LogP contribution in [-0.4, -0.2) is 34.3 Å². The second kappa shape index (κ2) is 9.11. The third kappa shape index (κ3) is 4.64. The highest BCUT2D eigenvalue weighted by atomic mass is 19.1. The summed E-state index contributed by atoms with van der Waals surface area (Å²) < 4.78 is 24.9. The van der Waals surface area contributed by atoms with Crippen LogP contribution in [0.15, 0.2) is 78.2 Å². The number of ether oxygens (including phenoxy) is 2. The Balaban J connectivity index is 1.62. The number of H-pyrrole nitrogens is 1. The number of likely N-dealkylation sites (N-methyl/N-ethyl adjacent to an activating group) is 1. The van der Waals surface area contributed by atoms with Gasteiger partial charge in [0, 0.05) is 23.7 Å². The Hall–Kier alpha value is -4.63. The molecule has 0 saturated heterocycles. The average molecular weight is 501 g/mol. The number of aromatic hydroxyl groups is 1. The van der Waals surface area contributed by atoms with Crippen molar-refractivity contribution in [3.8, 4) is 17.4 Å². The topological polar surface area (TPSA) is 113 Å². The second-order valence-electron chi connectivity index (χ2n) is 9.27. The third-order valence-corrected chi connectivity index (χ3v) is 5.97. The Morgan fingerprint density at radius 2 is 1.73 bits per heavy atom. The van der Waals surface area contributed by atoms with Crippen LogP contribution in [0.3, 0.4) is 0 Å². The molecule has 3 aromatic carbocycles. The molecule has 0 aliphatic carbocycles. The van der Waals surface area contributed by atoms with Crippen LogP contribution in [0.2, 0.25) is 0 Å². The van der Waals surface area contributed by atoms with Gasteiger partial charge >= 0.3 is 0 Å². The fraction of sp³-hybridized carbons (Fsp3) is 0.143. The molecular weight excluding hydrogens is 475 g/mol. The molecule has 4 N–H and O–H groups in total. The van der Waals surface area contributed by atoms with E-state index in [0.717, 1.165) is 0 Å². The number of hydrogen-bond donors (Lipinski definition) is 3. The third-order valence-electron chi connectivity index (χ3n) is 5.97. The second-order valence-corrected chi connectivity index (χ2v) is 9.27. The molecule has 0 fully saturated rings. The number of anilines is 1. The number of halogens is 1. The van der Waals surface area contributed by atoms with E-state index in [1.54, 1.807) is 69.4 Å². The van der Waals surface area contributed by atoms with Gasteiger partial charge in [0.2, 0.25) is 5.91 Å². The Morgan fingerprint density at radius 1 is 1.03 bits per heavy atom. The van der Waals surface area contributed by atoms with Gasteiger partial charge < -0.3 is 30.2 Å². The molecule has 188 valence electrons. The van der Waals surface area contributed by atoms with E-state index in [-0.39, 0.29) is 11.8 Å². The molecule has 1 aliphatic heterocycles. The zero-order chi connectivity index (χ0) is 26.3. The molecule has 37 heavy (non-hydrogen) atoms. The zero-order valence-electron chi connectivity index (χ0n) is 20.4. The highest BCUT2D eigenvalue weighted by Gasteiger charge is 2.26. The number of nitrogens with two attached hydrogens (primary N) is 1. The van der Waals surface area contributed by atoms with Gasteiger partial charge in [-0.2, -0.15) is 0 Å². The summed E-state index contributed by atoms with van der Waals surface area (Å²) in [5.41, 5.74) is 8.07. The minimum atomic E-state index is -1.02. The highest BCUT2D eigenvalue weighted by molar-refractivity contribution is 6.22. The number of nitrogens with zero attached hydrogens (tertiary/aromatic N) is 2. The lowest BCUT2D eigenvalue weighted by molar-refractivity contribution is -0.122. The molecule has 0 saturated carbocycles. The summed E-state index contributed by atoms with van der Waals surface area (Å²) in [5, 5.41) is 11.4. The fourth-order valence-corrected chi connectivity index (χ4v) is 4.14. The lowest BCUT2D eigenvalue weighted by atomic mass is 10.00. The predicted molar refractivity (Wildman–Crippen MR) is 140 cm³/mol. The van der Waals surface area contributed by atoms with Crippen LogP contribution in [0.1, 0.15) is 25.0 Å². The smallest absolute Gasteiger partial charge is 0.246 e. The van der Waals surface area contributed by atoms with E-state index in [1.165, 1.54) is 29.6 Å². The number of carbonyl (C=O) groups excluding carboxylic acids is 1. The van der Waals surface area contributed by atoms with Gasteiger partial charge in [-0.1, -0.05) is 0 Å². The summed E-state index contributed by atoms with van der Waals surface area (Å²) in [6.07, 6.45) is 2.86. The van der Waals surface area contributed by atoms with Crippen LogP contribution in [0.4, 0.5) is 15.8 Å². The standard InChI is InChI=1S/C28H25FN4O4/c1-28(2,30)27(35)33(3)19-8-6-18(7-9-19)31-25(16-4-11-22-23(14-16)37-13-12-36-22)24-20-10-5-17(29)15-21(20)32-26(24)34/h4-15,32,34H,30H2,1-3H3. The number of aliphatic imine (C=N–C) groups is 1. The van der Waals surface area contributed by atoms with Gasteiger partial charge in [-0.05, 0) is 74.5 Å². The molecule has 8 nitrogen and oxygen atoms in total. The molecular formula is C28H25FN4O4. The normalized spacial score (nSPS) is 13.2. The van der Waals surface area contributed by atoms with Crippen molar-refractivity contribution in [3.05, 3.63) is 90.1 Å². The van der Waals surface area contributed by atoms with Gasteiger partial charge in [0.25, 0.3) is 0 Å². The zero-order valence-corrected chi connectivity index (χ0v) is 20.4. The van der Waals surface area contributed by atoms with Crippen molar-refractivity contribution in [3.63, 3.8) is 0 Å². The summed E-state index contributed by atoms with van der Waals surface area (Å²) in [6, 6.07) is 16.6. The number of nitrogens with one attached hydrogen (secondary N) is 1. The highest BCUT2D eigenvalue weighted by Crippen LogP contribution is 2.36. The van der Waals surface area contributed by atoms with Gasteiger partial charge in [0.1, 0.15) is 18.3 Å². The van der Waals surface area contributed by atoms with Crippen LogP contribution in [0, 0.1) is 5.82 Å². The van der Waals surface area contributed by atoms with Crippen molar-refractivity contribution in [1.82, 2.24) is 4.98 Å². The van der Waals surface area contributed by atoms with Crippen molar-refractivity contribution < 1.29 is 23.8 Å². The van der Waals surface area contributed by atoms with E-state index in [1.807, 2.05) is 0 Å². The van der Waals surface area contributed by atoms with Crippen LogP contribution in [-0.2, 0) is 4.79 Å². The Bertz CT molecular complexity index is 1570. The maximum Gasteiger partial charge on any atom is 0.246 e. The first-order valence-corrected chi connectivity index (χ1v) is 11.5. The molecule has 0 unspecified atom stereocenters. The van der Waals surface area contributed by atoms with Crippen molar-refractivity contribution in [2.45, 2.75) is 19.4 Å². The van der Waals surface area contributed by atoms with E-state index in [9.17, 15) is 14.3 Å². The van der Waals surface area contributed by atoms with Gasteiger partial charge in [-0.15, -0.1) is 0 Å². The summed E-state index contributed by atoms with van der Waals surface area (Å²) in [5.74, 6) is 0.209. The molecule has 1 aliphatic rings. The molecule has 4 aromatic rings. The number of rotatable bonds is 5. The fourth-order valence-electron chi connectivity index (χ4n) is 4.14. The molecule has 0 atom stereocenters. The van der Waals surface area contributed by atoms with Crippen LogP contribution < -0.4 is 20.1 Å². The van der Waals surface area contributed by atoms with Gasteiger partial charge in [0.05, 0.1) is 28.0 Å². The van der Waals surface area contributed by atoms with Crippen molar-refractivity contribution in [1.29, 1.82) is 0 Å². The number of aromatic amines is 1. The molecule has 2 heterocycles. The van der Waals surface area contributed by atoms with Crippen LogP contribution in [0.5, 0.6) is 17.4 Å². The number of aromatic nitrogens is 1. The number of carbonyl (C=O) groups is 1. The first-order chi connectivity index (χ1) is 17.6. The van der Waals surface area contributed by atoms with Crippen LogP contribution in [0.25, 0.3) is 10.9 Å². The number of amides is 1. The first kappa shape index (κ1) is 24.1. The molecule has 0 radical (unpaired) electrons. The van der Waals surface area contributed by atoms with Crippen molar-refractivity contribution in [2.75, 3.05) is 11.9 Å². The van der Waals surface area contributed by atoms with Gasteiger partial charge in [-0.3, -0.25) is 4.79 Å². The van der Waals surface area contributed by atoms with Crippen molar-refractivity contribution >= 4 is 33.9 Å². The molecule has 0 bridgehead atoms. The Morgan fingerprint density at radius 3 is 2.43 bits per heavy atom. The monoisotopic (exact) mass is 500 g/mol. The summed E-state index contributed by atoms with van der Waals surface area (Å²) in [4.78, 5) is 21.7. The van der Waals surface area contributed by atoms with E-state index in [4.69, 9.17) is 20.2 Å². The summed E-state index contributed by atoms with van der Waals surface area (Å²) in [7, 11) is 1.66.